The van der Waals surface area contributed by atoms with E-state index in [0.717, 1.165) is 156 Å². The monoisotopic (exact) mass is 1390 g/mol. The number of hydrogen-bond acceptors (Lipinski definition) is 12. The summed E-state index contributed by atoms with van der Waals surface area (Å²) in [5.74, 6) is 13.5. The fourth-order valence-electron chi connectivity index (χ4n) is 26.3. The second kappa shape index (κ2) is 26.6. The first-order valence-electron chi connectivity index (χ1n) is 38.6. The maximum atomic E-state index is 13.6. The van der Waals surface area contributed by atoms with Gasteiger partial charge < -0.3 is 15.3 Å². The molecule has 0 saturated heterocycles. The summed E-state index contributed by atoms with van der Waals surface area (Å²) < 4.78 is 3.71. The van der Waals surface area contributed by atoms with E-state index in [1.807, 2.05) is 73.1 Å². The molecule has 12 saturated carbocycles. The Morgan fingerprint density at radius 3 is 1.37 bits per heavy atom. The normalized spacial score (nSPS) is 42.9. The lowest BCUT2D eigenvalue weighted by molar-refractivity contribution is -0.133. The van der Waals surface area contributed by atoms with Crippen LogP contribution >= 0.6 is 15.9 Å². The first-order chi connectivity index (χ1) is 46.5. The van der Waals surface area contributed by atoms with E-state index in [-0.39, 0.29) is 28.1 Å². The first-order valence-corrected chi connectivity index (χ1v) is 39.7. The molecule has 15 nitrogen and oxygen atoms in total. The molecule has 6 heterocycles. The van der Waals surface area contributed by atoms with Gasteiger partial charge in [0.1, 0.15) is 12.3 Å². The van der Waals surface area contributed by atoms with Gasteiger partial charge in [-0.3, -0.25) is 43.8 Å². The molecule has 524 valence electrons. The minimum Gasteiger partial charge on any atom is -0.390 e. The zero-order valence-corrected chi connectivity index (χ0v) is 60.6. The SMILES string of the molecule is C[C@@]1(O)CC[C@H]2[C@H](CC[C@@H]3[C@@H]2CC[C@]2(C)[C@@H](C(=O)CBr)CC[C@@H]32)C1.C[C@@]1(O)CC[C@H]2[C@H](CC[C@@H]3[C@@H]2CC[C@]2(C)[C@@H](C(=O)Cn4cc5cnccc5n4)CC[C@@H]32)C1.C[C@@]1(O)CC[C@H]2[C@H](CC[C@@H]3[C@@H]2CC[C@]2(C)[C@@H](C(=O)Cn4ncc5cnccc54)CC[C@@H]32)C1.c1cc2[nH]ncc2cn1. The van der Waals surface area contributed by atoms with Crippen LogP contribution in [0.1, 0.15) is 215 Å². The van der Waals surface area contributed by atoms with Gasteiger partial charge in [-0.05, 0) is 317 Å². The Bertz CT molecular complexity index is 3750. The van der Waals surface area contributed by atoms with Crippen LogP contribution in [0.4, 0.5) is 0 Å². The smallest absolute Gasteiger partial charge is 0.157 e. The molecular formula is C81H112BrN9O6. The van der Waals surface area contributed by atoms with Crippen LogP contribution in [0.3, 0.4) is 0 Å². The van der Waals surface area contributed by atoms with Crippen molar-refractivity contribution in [1.82, 2.24) is 44.7 Å². The number of aromatic nitrogens is 9. The summed E-state index contributed by atoms with van der Waals surface area (Å²) in [4.78, 5) is 51.8. The number of carbonyl (C=O) groups is 3. The molecule has 4 N–H and O–H groups in total. The van der Waals surface area contributed by atoms with Crippen LogP contribution in [0, 0.1) is 123 Å². The van der Waals surface area contributed by atoms with Crippen LogP contribution in [0.5, 0.6) is 0 Å². The van der Waals surface area contributed by atoms with Gasteiger partial charge in [-0.15, -0.1) is 0 Å². The molecule has 6 aromatic rings. The van der Waals surface area contributed by atoms with Crippen molar-refractivity contribution < 1.29 is 29.7 Å². The van der Waals surface area contributed by atoms with Gasteiger partial charge in [0.25, 0.3) is 0 Å². The molecule has 0 amide bonds. The number of ketones is 3. The standard InChI is InChI=1S/2C27H37N3O2.C21H33BrO2.C6H5N3/c1-26(32)10-7-19-17(13-26)3-4-21-20(19)8-11-27(2)22(21)5-6-23(27)25(31)16-30-15-18-14-28-12-9-24(18)29-30;1-26(32)10-7-19-17(13-26)3-4-21-20(19)8-11-27(2)22(21)5-6-23(27)25(31)16-30-24-9-12-28-14-18(24)15-29-30;1-20(24)9-7-14-13(11-20)3-4-16-15(14)8-10-21(2)17(16)5-6-18(21)19(23)12-22;1-2-7-3-5-4-8-9-6(1)5/h2*9,12,14-15,17,19-23,32H,3-8,10-11,13,16H2,1-2H3;13-18,24H,3-12H2,1-2H3;1-4H,(H,8,9)/t2*17-,19+,20-,21-,22+,23-,26-,27+;13-,14+,15-,16-,17+,18-,20-,21+;/m111./s1. The lowest BCUT2D eigenvalue weighted by Gasteiger charge is -2.56. The maximum Gasteiger partial charge on any atom is 0.157 e. The number of nitrogens with zero attached hydrogens (tertiary/aromatic N) is 8. The molecule has 18 rings (SSSR count). The predicted molar refractivity (Wildman–Crippen MR) is 381 cm³/mol. The van der Waals surface area contributed by atoms with E-state index in [1.54, 1.807) is 31.0 Å². The number of Topliss-reactive ketones (excluding diaryl/α,β-unsaturated/α-hetero) is 3. The molecule has 0 aromatic carbocycles. The van der Waals surface area contributed by atoms with Gasteiger partial charge in [0.2, 0.25) is 0 Å². The van der Waals surface area contributed by atoms with Crippen molar-refractivity contribution in [2.45, 2.75) is 245 Å². The Morgan fingerprint density at radius 1 is 0.464 bits per heavy atom. The quantitative estimate of drug-likeness (QED) is 0.105. The van der Waals surface area contributed by atoms with Crippen molar-refractivity contribution >= 4 is 66.0 Å². The molecular weight excluding hydrogens is 1270 g/mol. The van der Waals surface area contributed by atoms with Crippen LogP contribution in [0.25, 0.3) is 32.7 Å². The maximum absolute atomic E-state index is 13.6. The van der Waals surface area contributed by atoms with E-state index >= 15 is 0 Å². The zero-order valence-electron chi connectivity index (χ0n) is 59.1. The number of alkyl halides is 1. The fraction of sp³-hybridized carbons (Fsp3) is 0.741. The molecule has 0 radical (unpaired) electrons. The van der Waals surface area contributed by atoms with Crippen molar-refractivity contribution in [3.8, 4) is 0 Å². The van der Waals surface area contributed by atoms with Crippen molar-refractivity contribution in [3.05, 3.63) is 74.0 Å². The van der Waals surface area contributed by atoms with Gasteiger partial charge >= 0.3 is 0 Å². The minimum atomic E-state index is -0.450. The van der Waals surface area contributed by atoms with Gasteiger partial charge in [0, 0.05) is 77.3 Å². The largest absolute Gasteiger partial charge is 0.390 e. The predicted octanol–water partition coefficient (Wildman–Crippen LogP) is 16.0. The third kappa shape index (κ3) is 12.8. The summed E-state index contributed by atoms with van der Waals surface area (Å²) >= 11 is 3.42. The second-order valence-corrected chi connectivity index (χ2v) is 36.5. The van der Waals surface area contributed by atoms with Crippen LogP contribution < -0.4 is 0 Å². The molecule has 0 unspecified atom stereocenters. The van der Waals surface area contributed by atoms with Crippen molar-refractivity contribution in [2.24, 2.45) is 123 Å². The van der Waals surface area contributed by atoms with Gasteiger partial charge in [0.15, 0.2) is 11.6 Å². The van der Waals surface area contributed by atoms with Crippen molar-refractivity contribution in [2.75, 3.05) is 5.33 Å². The van der Waals surface area contributed by atoms with E-state index in [4.69, 9.17) is 0 Å². The molecule has 12 aliphatic rings. The van der Waals surface area contributed by atoms with E-state index in [2.05, 4.69) is 72.0 Å². The molecule has 0 bridgehead atoms. The number of nitrogens with one attached hydrogen (secondary N) is 1. The number of halogens is 1. The van der Waals surface area contributed by atoms with Gasteiger partial charge in [0.05, 0.1) is 57.6 Å². The summed E-state index contributed by atoms with van der Waals surface area (Å²) in [6, 6.07) is 5.76. The molecule has 24 atom stereocenters. The fourth-order valence-corrected chi connectivity index (χ4v) is 26.7. The minimum absolute atomic E-state index is 0.149. The molecule has 0 spiro atoms. The number of aliphatic hydroxyl groups is 3. The molecule has 6 aromatic heterocycles. The van der Waals surface area contributed by atoms with E-state index < -0.39 is 16.8 Å². The summed E-state index contributed by atoms with van der Waals surface area (Å²) in [5, 5.41) is 51.1. The van der Waals surface area contributed by atoms with Crippen LogP contribution in [-0.2, 0) is 27.5 Å². The van der Waals surface area contributed by atoms with Crippen LogP contribution in [0.15, 0.2) is 74.0 Å². The number of carbonyl (C=O) groups excluding carboxylic acids is 3. The Labute approximate surface area is 584 Å². The number of pyridine rings is 3. The highest BCUT2D eigenvalue weighted by molar-refractivity contribution is 9.09. The first kappa shape index (κ1) is 68.0. The number of hydrogen-bond donors (Lipinski definition) is 4. The summed E-state index contributed by atoms with van der Waals surface area (Å²) in [7, 11) is 0. The summed E-state index contributed by atoms with van der Waals surface area (Å²) in [5.41, 5.74) is 2.19. The average Bonchev–Trinajstić information content (AvgIpc) is 1.65. The number of rotatable bonds is 8. The second-order valence-electron chi connectivity index (χ2n) is 35.9. The molecule has 12 fully saturated rings. The average molecular weight is 1390 g/mol. The summed E-state index contributed by atoms with van der Waals surface area (Å²) in [6.45, 7) is 14.2. The Balaban J connectivity index is 0.000000113. The number of fused-ring (bicyclic) bond motifs is 18. The Kier molecular flexibility index (Phi) is 18.6. The zero-order chi connectivity index (χ0) is 67.4. The highest BCUT2D eigenvalue weighted by atomic mass is 79.9. The highest BCUT2D eigenvalue weighted by Gasteiger charge is 2.62. The molecule has 0 aliphatic heterocycles. The van der Waals surface area contributed by atoms with Crippen molar-refractivity contribution in [1.29, 1.82) is 0 Å². The van der Waals surface area contributed by atoms with Gasteiger partial charge in [-0.1, -0.05) is 36.7 Å². The molecule has 12 aliphatic carbocycles. The lowest BCUT2D eigenvalue weighted by atomic mass is 9.49. The van der Waals surface area contributed by atoms with E-state index in [1.165, 1.54) is 116 Å². The topological polar surface area (TPSA) is 215 Å². The number of H-pyrrole nitrogens is 1. The van der Waals surface area contributed by atoms with Gasteiger partial charge in [-0.2, -0.15) is 15.3 Å². The Morgan fingerprint density at radius 2 is 0.897 bits per heavy atom. The molecule has 97 heavy (non-hydrogen) atoms. The third-order valence-corrected chi connectivity index (χ3v) is 31.2. The van der Waals surface area contributed by atoms with E-state index in [0.29, 0.717) is 65.4 Å². The Hall–Kier alpha value is -4.77. The van der Waals surface area contributed by atoms with E-state index in [9.17, 15) is 29.7 Å². The molecule has 16 heteroatoms. The highest BCUT2D eigenvalue weighted by Crippen LogP contribution is 2.68. The van der Waals surface area contributed by atoms with Crippen molar-refractivity contribution in [3.63, 3.8) is 0 Å². The summed E-state index contributed by atoms with van der Waals surface area (Å²) in [6.07, 6.45) is 48.1. The van der Waals surface area contributed by atoms with Crippen LogP contribution in [0.2, 0.25) is 0 Å². The van der Waals surface area contributed by atoms with Crippen LogP contribution in [-0.4, -0.2) is 99.5 Å². The van der Waals surface area contributed by atoms with Gasteiger partial charge in [-0.25, -0.2) is 0 Å². The lowest BCUT2D eigenvalue weighted by Crippen LogP contribution is -2.51. The third-order valence-electron chi connectivity index (χ3n) is 30.7. The number of aromatic amines is 1.